The molecule has 0 amide bonds. The van der Waals surface area contributed by atoms with Crippen molar-refractivity contribution in [2.45, 2.75) is 32.2 Å². The molecule has 0 atom stereocenters. The fourth-order valence-electron chi connectivity index (χ4n) is 1.79. The van der Waals surface area contributed by atoms with Gasteiger partial charge in [-0.15, -0.1) is 0 Å². The zero-order chi connectivity index (χ0) is 12.7. The van der Waals surface area contributed by atoms with E-state index in [2.05, 4.69) is 15.2 Å². The number of hydrogen-bond donors (Lipinski definition) is 1. The van der Waals surface area contributed by atoms with Crippen LogP contribution in [-0.4, -0.2) is 31.0 Å². The third kappa shape index (κ3) is 1.99. The topological polar surface area (TPSA) is 94.0 Å². The number of aromatic nitrogens is 4. The van der Waals surface area contributed by atoms with E-state index in [0.717, 1.165) is 18.7 Å². The normalized spacial score (nSPS) is 14.9. The van der Waals surface area contributed by atoms with Crippen LogP contribution >= 0.6 is 0 Å². The first kappa shape index (κ1) is 10.9. The van der Waals surface area contributed by atoms with Gasteiger partial charge in [0.1, 0.15) is 12.1 Å². The van der Waals surface area contributed by atoms with E-state index in [1.165, 1.54) is 10.9 Å². The molecule has 1 aliphatic carbocycles. The van der Waals surface area contributed by atoms with E-state index in [4.69, 9.17) is 9.63 Å². The molecule has 18 heavy (non-hydrogen) atoms. The molecule has 0 spiro atoms. The molecule has 7 heteroatoms. The van der Waals surface area contributed by atoms with Crippen LogP contribution in [0.5, 0.6) is 0 Å². The second-order valence-electron chi connectivity index (χ2n) is 4.45. The van der Waals surface area contributed by atoms with Crippen LogP contribution in [0.25, 0.3) is 0 Å². The Morgan fingerprint density at radius 3 is 3.00 bits per heavy atom. The number of aryl methyl sites for hydroxylation is 1. The zero-order valence-electron chi connectivity index (χ0n) is 9.83. The summed E-state index contributed by atoms with van der Waals surface area (Å²) in [6.45, 7) is 1.96. The quantitative estimate of drug-likeness (QED) is 0.873. The zero-order valence-corrected chi connectivity index (χ0v) is 9.83. The van der Waals surface area contributed by atoms with Gasteiger partial charge in [-0.05, 0) is 19.8 Å². The van der Waals surface area contributed by atoms with Crippen LogP contribution in [0.2, 0.25) is 0 Å². The van der Waals surface area contributed by atoms with E-state index in [1.807, 2.05) is 0 Å². The van der Waals surface area contributed by atoms with Gasteiger partial charge in [0.2, 0.25) is 5.89 Å². The Morgan fingerprint density at radius 2 is 2.39 bits per heavy atom. The minimum Gasteiger partial charge on any atom is -0.478 e. The summed E-state index contributed by atoms with van der Waals surface area (Å²) < 4.78 is 6.61. The van der Waals surface area contributed by atoms with Gasteiger partial charge in [-0.25, -0.2) is 4.79 Å². The minimum absolute atomic E-state index is 0.192. The molecule has 7 nitrogen and oxygen atoms in total. The SMILES string of the molecule is Cc1nn(Cc2nc(C3CC3)no2)cc1C(=O)O. The summed E-state index contributed by atoms with van der Waals surface area (Å²) in [4.78, 5) is 15.1. The lowest BCUT2D eigenvalue weighted by molar-refractivity contribution is 0.0696. The first-order valence-corrected chi connectivity index (χ1v) is 5.73. The fourth-order valence-corrected chi connectivity index (χ4v) is 1.79. The van der Waals surface area contributed by atoms with Gasteiger partial charge in [-0.1, -0.05) is 5.16 Å². The number of carbonyl (C=O) groups is 1. The molecular formula is C11H12N4O3. The van der Waals surface area contributed by atoms with Crippen molar-refractivity contribution >= 4 is 5.97 Å². The predicted octanol–water partition coefficient (Wildman–Crippen LogP) is 1.20. The number of carboxylic acid groups (broad SMARTS) is 1. The standard InChI is InChI=1S/C11H12N4O3/c1-6-8(11(16)17)4-15(13-6)5-9-12-10(14-18-9)7-2-3-7/h4,7H,2-3,5H2,1H3,(H,16,17). The molecule has 0 saturated heterocycles. The lowest BCUT2D eigenvalue weighted by Crippen LogP contribution is -2.01. The molecular weight excluding hydrogens is 236 g/mol. The van der Waals surface area contributed by atoms with Crippen molar-refractivity contribution in [2.75, 3.05) is 0 Å². The number of rotatable bonds is 4. The maximum atomic E-state index is 10.9. The summed E-state index contributed by atoms with van der Waals surface area (Å²) in [5, 5.41) is 16.9. The van der Waals surface area contributed by atoms with Gasteiger partial charge < -0.3 is 9.63 Å². The third-order valence-corrected chi connectivity index (χ3v) is 2.90. The van der Waals surface area contributed by atoms with E-state index in [9.17, 15) is 4.79 Å². The molecule has 1 aliphatic rings. The molecule has 1 N–H and O–H groups in total. The molecule has 0 aliphatic heterocycles. The van der Waals surface area contributed by atoms with Crippen LogP contribution in [0.4, 0.5) is 0 Å². The molecule has 94 valence electrons. The summed E-state index contributed by atoms with van der Waals surface area (Å²) in [5.74, 6) is 0.656. The Hall–Kier alpha value is -2.18. The van der Waals surface area contributed by atoms with Crippen molar-refractivity contribution in [3.63, 3.8) is 0 Å². The van der Waals surface area contributed by atoms with Crippen molar-refractivity contribution < 1.29 is 14.4 Å². The highest BCUT2D eigenvalue weighted by molar-refractivity contribution is 5.88. The van der Waals surface area contributed by atoms with Crippen LogP contribution in [0.15, 0.2) is 10.7 Å². The number of nitrogens with zero attached hydrogens (tertiary/aromatic N) is 4. The molecule has 0 aromatic carbocycles. The summed E-state index contributed by atoms with van der Waals surface area (Å²) in [6.07, 6.45) is 3.70. The average Bonchev–Trinajstić information content (AvgIpc) is 2.95. The van der Waals surface area contributed by atoms with Gasteiger partial charge in [0, 0.05) is 12.1 Å². The maximum absolute atomic E-state index is 10.9. The first-order valence-electron chi connectivity index (χ1n) is 5.73. The highest BCUT2D eigenvalue weighted by Gasteiger charge is 2.28. The van der Waals surface area contributed by atoms with Crippen molar-refractivity contribution in [1.82, 2.24) is 19.9 Å². The van der Waals surface area contributed by atoms with E-state index >= 15 is 0 Å². The summed E-state index contributed by atoms with van der Waals surface area (Å²) in [6, 6.07) is 0. The summed E-state index contributed by atoms with van der Waals surface area (Å²) in [5.41, 5.74) is 0.668. The smallest absolute Gasteiger partial charge is 0.339 e. The number of hydrogen-bond acceptors (Lipinski definition) is 5. The van der Waals surface area contributed by atoms with Crippen LogP contribution < -0.4 is 0 Å². The predicted molar refractivity (Wildman–Crippen MR) is 59.3 cm³/mol. The maximum Gasteiger partial charge on any atom is 0.339 e. The van der Waals surface area contributed by atoms with Gasteiger partial charge in [0.15, 0.2) is 5.82 Å². The van der Waals surface area contributed by atoms with Crippen molar-refractivity contribution in [3.8, 4) is 0 Å². The molecule has 0 radical (unpaired) electrons. The third-order valence-electron chi connectivity index (χ3n) is 2.90. The van der Waals surface area contributed by atoms with E-state index in [1.54, 1.807) is 6.92 Å². The fraction of sp³-hybridized carbons (Fsp3) is 0.455. The van der Waals surface area contributed by atoms with Crippen molar-refractivity contribution in [1.29, 1.82) is 0 Å². The minimum atomic E-state index is -0.983. The Morgan fingerprint density at radius 1 is 1.61 bits per heavy atom. The van der Waals surface area contributed by atoms with Crippen LogP contribution in [0.3, 0.4) is 0 Å². The molecule has 2 aromatic heterocycles. The largest absolute Gasteiger partial charge is 0.478 e. The van der Waals surface area contributed by atoms with Crippen LogP contribution in [0, 0.1) is 6.92 Å². The molecule has 2 aromatic rings. The highest BCUT2D eigenvalue weighted by atomic mass is 16.5. The van der Waals surface area contributed by atoms with E-state index in [-0.39, 0.29) is 5.56 Å². The Kier molecular flexibility index (Phi) is 2.39. The lowest BCUT2D eigenvalue weighted by atomic mass is 10.3. The Bertz CT molecular complexity index is 597. The highest BCUT2D eigenvalue weighted by Crippen LogP contribution is 2.38. The van der Waals surface area contributed by atoms with Gasteiger partial charge in [-0.2, -0.15) is 10.1 Å². The van der Waals surface area contributed by atoms with Crippen LogP contribution in [0.1, 0.15) is 46.5 Å². The summed E-state index contributed by atoms with van der Waals surface area (Å²) in [7, 11) is 0. The van der Waals surface area contributed by atoms with Gasteiger partial charge >= 0.3 is 5.97 Å². The monoisotopic (exact) mass is 248 g/mol. The van der Waals surface area contributed by atoms with Crippen molar-refractivity contribution in [3.05, 3.63) is 29.2 Å². The van der Waals surface area contributed by atoms with Crippen molar-refractivity contribution in [2.24, 2.45) is 0 Å². The van der Waals surface area contributed by atoms with E-state index in [0.29, 0.717) is 24.0 Å². The Balaban J connectivity index is 1.78. The van der Waals surface area contributed by atoms with E-state index < -0.39 is 5.97 Å². The number of carboxylic acids is 1. The number of aromatic carboxylic acids is 1. The van der Waals surface area contributed by atoms with Gasteiger partial charge in [-0.3, -0.25) is 4.68 Å². The second-order valence-corrected chi connectivity index (χ2v) is 4.45. The molecule has 0 bridgehead atoms. The first-order chi connectivity index (χ1) is 8.63. The molecule has 1 saturated carbocycles. The van der Waals surface area contributed by atoms with Gasteiger partial charge in [0.25, 0.3) is 0 Å². The average molecular weight is 248 g/mol. The van der Waals surface area contributed by atoms with Crippen LogP contribution in [-0.2, 0) is 6.54 Å². The molecule has 2 heterocycles. The molecule has 3 rings (SSSR count). The second kappa shape index (κ2) is 3.94. The van der Waals surface area contributed by atoms with Gasteiger partial charge in [0.05, 0.1) is 5.69 Å². The molecule has 0 unspecified atom stereocenters. The molecule has 1 fully saturated rings. The lowest BCUT2D eigenvalue weighted by Gasteiger charge is -1.93. The summed E-state index contributed by atoms with van der Waals surface area (Å²) >= 11 is 0. The Labute approximate surface area is 102 Å².